The SMILES string of the molecule is Cc1nc(CO[C@@H]2CO[C@]3(CCN(c4ncc(F)cn4)C3)C2)cs1. The molecular formula is C16H19FN4O2S. The zero-order chi connectivity index (χ0) is 16.6. The Labute approximate surface area is 143 Å². The lowest BCUT2D eigenvalue weighted by atomic mass is 9.98. The monoisotopic (exact) mass is 350 g/mol. The highest BCUT2D eigenvalue weighted by Crippen LogP contribution is 2.37. The summed E-state index contributed by atoms with van der Waals surface area (Å²) in [5.74, 6) is 0.134. The van der Waals surface area contributed by atoms with Gasteiger partial charge in [0.05, 0.1) is 54.6 Å². The number of hydrogen-bond acceptors (Lipinski definition) is 7. The summed E-state index contributed by atoms with van der Waals surface area (Å²) < 4.78 is 25.0. The average molecular weight is 350 g/mol. The minimum Gasteiger partial charge on any atom is -0.370 e. The number of ether oxygens (including phenoxy) is 2. The summed E-state index contributed by atoms with van der Waals surface area (Å²) in [6.07, 6.45) is 4.24. The molecule has 2 aliphatic rings. The van der Waals surface area contributed by atoms with Gasteiger partial charge in [0.15, 0.2) is 5.82 Å². The van der Waals surface area contributed by atoms with Crippen molar-refractivity contribution in [3.8, 4) is 0 Å². The molecule has 2 fully saturated rings. The molecule has 0 unspecified atom stereocenters. The van der Waals surface area contributed by atoms with Gasteiger partial charge in [-0.15, -0.1) is 11.3 Å². The van der Waals surface area contributed by atoms with Gasteiger partial charge in [-0.25, -0.2) is 19.3 Å². The highest BCUT2D eigenvalue weighted by Gasteiger charge is 2.46. The van der Waals surface area contributed by atoms with Crippen molar-refractivity contribution in [1.29, 1.82) is 0 Å². The fourth-order valence-electron chi connectivity index (χ4n) is 3.36. The van der Waals surface area contributed by atoms with Crippen molar-refractivity contribution in [1.82, 2.24) is 15.0 Å². The fraction of sp³-hybridized carbons (Fsp3) is 0.562. The number of hydrogen-bond donors (Lipinski definition) is 0. The quantitative estimate of drug-likeness (QED) is 0.843. The number of nitrogens with zero attached hydrogens (tertiary/aromatic N) is 4. The maximum Gasteiger partial charge on any atom is 0.225 e. The van der Waals surface area contributed by atoms with Crippen LogP contribution in [0.3, 0.4) is 0 Å². The highest BCUT2D eigenvalue weighted by atomic mass is 32.1. The highest BCUT2D eigenvalue weighted by molar-refractivity contribution is 7.09. The van der Waals surface area contributed by atoms with Crippen LogP contribution in [-0.2, 0) is 16.1 Å². The van der Waals surface area contributed by atoms with Crippen molar-refractivity contribution < 1.29 is 13.9 Å². The predicted molar refractivity (Wildman–Crippen MR) is 87.5 cm³/mol. The van der Waals surface area contributed by atoms with Crippen molar-refractivity contribution in [3.63, 3.8) is 0 Å². The Balaban J connectivity index is 1.33. The van der Waals surface area contributed by atoms with Crippen LogP contribution in [0.15, 0.2) is 17.8 Å². The van der Waals surface area contributed by atoms with E-state index in [1.54, 1.807) is 11.3 Å². The van der Waals surface area contributed by atoms with E-state index in [-0.39, 0.29) is 11.7 Å². The molecule has 2 aromatic heterocycles. The number of aromatic nitrogens is 3. The summed E-state index contributed by atoms with van der Waals surface area (Å²) in [5.41, 5.74) is 0.770. The lowest BCUT2D eigenvalue weighted by Gasteiger charge is -2.23. The first-order valence-corrected chi connectivity index (χ1v) is 8.89. The molecule has 0 aliphatic carbocycles. The van der Waals surface area contributed by atoms with Crippen molar-refractivity contribution in [2.24, 2.45) is 0 Å². The summed E-state index contributed by atoms with van der Waals surface area (Å²) in [4.78, 5) is 14.6. The van der Waals surface area contributed by atoms with Crippen LogP contribution >= 0.6 is 11.3 Å². The molecule has 0 aromatic carbocycles. The van der Waals surface area contributed by atoms with E-state index in [1.807, 2.05) is 17.2 Å². The molecule has 0 saturated carbocycles. The van der Waals surface area contributed by atoms with Crippen LogP contribution in [0.4, 0.5) is 10.3 Å². The lowest BCUT2D eigenvalue weighted by Crippen LogP contribution is -2.33. The van der Waals surface area contributed by atoms with Gasteiger partial charge in [-0.2, -0.15) is 0 Å². The van der Waals surface area contributed by atoms with Gasteiger partial charge < -0.3 is 14.4 Å². The van der Waals surface area contributed by atoms with Crippen molar-refractivity contribution in [2.45, 2.75) is 38.1 Å². The topological polar surface area (TPSA) is 60.4 Å². The Morgan fingerprint density at radius 2 is 2.29 bits per heavy atom. The van der Waals surface area contributed by atoms with Gasteiger partial charge in [0.1, 0.15) is 0 Å². The van der Waals surface area contributed by atoms with Crippen LogP contribution in [0.2, 0.25) is 0 Å². The first-order chi connectivity index (χ1) is 11.6. The van der Waals surface area contributed by atoms with E-state index in [2.05, 4.69) is 15.0 Å². The zero-order valence-electron chi connectivity index (χ0n) is 13.4. The molecule has 0 amide bonds. The van der Waals surface area contributed by atoms with Crippen LogP contribution in [0.25, 0.3) is 0 Å². The van der Waals surface area contributed by atoms with Gasteiger partial charge in [0.2, 0.25) is 5.95 Å². The molecule has 2 aromatic rings. The number of halogens is 1. The van der Waals surface area contributed by atoms with Crippen LogP contribution in [0, 0.1) is 12.7 Å². The second-order valence-electron chi connectivity index (χ2n) is 6.36. The first kappa shape index (κ1) is 15.9. The van der Waals surface area contributed by atoms with Gasteiger partial charge in [0, 0.05) is 18.3 Å². The van der Waals surface area contributed by atoms with E-state index in [0.717, 1.165) is 30.1 Å². The average Bonchev–Trinajstić information content (AvgIpc) is 3.28. The number of anilines is 1. The Hall–Kier alpha value is -1.64. The largest absolute Gasteiger partial charge is 0.370 e. The lowest BCUT2D eigenvalue weighted by molar-refractivity contribution is 0.00534. The van der Waals surface area contributed by atoms with Gasteiger partial charge in [-0.3, -0.25) is 0 Å². The predicted octanol–water partition coefficient (Wildman–Crippen LogP) is 2.34. The molecule has 4 heterocycles. The second-order valence-corrected chi connectivity index (χ2v) is 7.42. The third kappa shape index (κ3) is 3.26. The second kappa shape index (κ2) is 6.34. The maximum absolute atomic E-state index is 13.0. The minimum atomic E-state index is -0.421. The zero-order valence-corrected chi connectivity index (χ0v) is 14.3. The molecule has 2 saturated heterocycles. The van der Waals surface area contributed by atoms with Crippen molar-refractivity contribution in [2.75, 3.05) is 24.6 Å². The van der Waals surface area contributed by atoms with E-state index in [4.69, 9.17) is 9.47 Å². The summed E-state index contributed by atoms with van der Waals surface area (Å²) in [6, 6.07) is 0. The maximum atomic E-state index is 13.0. The summed E-state index contributed by atoms with van der Waals surface area (Å²) in [7, 11) is 0. The molecule has 0 radical (unpaired) electrons. The summed E-state index contributed by atoms with van der Waals surface area (Å²) >= 11 is 1.63. The van der Waals surface area contributed by atoms with Crippen LogP contribution in [0.1, 0.15) is 23.5 Å². The standard InChI is InChI=1S/C16H19FN4O2S/c1-11-20-13(9-24-11)7-22-14-4-16(23-8-14)2-3-21(10-16)15-18-5-12(17)6-19-15/h5-6,9,14H,2-4,7-8,10H2,1H3/t14-,16+/m0/s1. The molecule has 2 aliphatic heterocycles. The molecule has 24 heavy (non-hydrogen) atoms. The van der Waals surface area contributed by atoms with E-state index in [1.165, 1.54) is 12.4 Å². The van der Waals surface area contributed by atoms with E-state index in [9.17, 15) is 4.39 Å². The van der Waals surface area contributed by atoms with E-state index >= 15 is 0 Å². The molecule has 6 nitrogen and oxygen atoms in total. The van der Waals surface area contributed by atoms with E-state index < -0.39 is 5.82 Å². The molecule has 8 heteroatoms. The number of thiazole rings is 1. The number of rotatable bonds is 4. The normalized spacial score (nSPS) is 26.6. The minimum absolute atomic E-state index is 0.0843. The van der Waals surface area contributed by atoms with Gasteiger partial charge in [-0.1, -0.05) is 0 Å². The molecule has 4 rings (SSSR count). The fourth-order valence-corrected chi connectivity index (χ4v) is 3.95. The molecule has 1 spiro atoms. The summed E-state index contributed by atoms with van der Waals surface area (Å²) in [5, 5.41) is 3.09. The van der Waals surface area contributed by atoms with Gasteiger partial charge in [0.25, 0.3) is 0 Å². The Kier molecular flexibility index (Phi) is 4.19. The Morgan fingerprint density at radius 1 is 1.46 bits per heavy atom. The molecule has 0 N–H and O–H groups in total. The molecule has 2 atom stereocenters. The van der Waals surface area contributed by atoms with Crippen molar-refractivity contribution >= 4 is 17.3 Å². The third-order valence-corrected chi connectivity index (χ3v) is 5.34. The molecule has 0 bridgehead atoms. The van der Waals surface area contributed by atoms with E-state index in [0.29, 0.717) is 25.7 Å². The Bertz CT molecular complexity index is 710. The third-order valence-electron chi connectivity index (χ3n) is 4.51. The summed E-state index contributed by atoms with van der Waals surface area (Å²) in [6.45, 7) is 4.64. The smallest absolute Gasteiger partial charge is 0.225 e. The van der Waals surface area contributed by atoms with Crippen LogP contribution in [0.5, 0.6) is 0 Å². The van der Waals surface area contributed by atoms with Crippen LogP contribution < -0.4 is 4.90 Å². The Morgan fingerprint density at radius 3 is 3.04 bits per heavy atom. The van der Waals surface area contributed by atoms with Crippen molar-refractivity contribution in [3.05, 3.63) is 34.3 Å². The van der Waals surface area contributed by atoms with Crippen LogP contribution in [-0.4, -0.2) is 46.4 Å². The van der Waals surface area contributed by atoms with Gasteiger partial charge >= 0.3 is 0 Å². The van der Waals surface area contributed by atoms with Gasteiger partial charge in [-0.05, 0) is 13.3 Å². The first-order valence-electron chi connectivity index (χ1n) is 8.01. The number of aryl methyl sites for hydroxylation is 1. The molecule has 128 valence electrons. The molecular weight excluding hydrogens is 331 g/mol.